The molecule has 0 spiro atoms. The molecule has 0 saturated carbocycles. The van der Waals surface area contributed by atoms with Crippen LogP contribution in [0.4, 0.5) is 5.69 Å². The molecule has 2 rings (SSSR count). The fourth-order valence-electron chi connectivity index (χ4n) is 1.97. The lowest BCUT2D eigenvalue weighted by atomic mass is 10.2. The maximum Gasteiger partial charge on any atom is 0.234 e. The zero-order chi connectivity index (χ0) is 18.4. The number of nitrogens with two attached hydrogens (primary N) is 1. The lowest BCUT2D eigenvalue weighted by Crippen LogP contribution is -2.16. The van der Waals surface area contributed by atoms with E-state index in [0.29, 0.717) is 10.8 Å². The van der Waals surface area contributed by atoms with E-state index in [2.05, 4.69) is 15.3 Å². The molecule has 0 bridgehead atoms. The van der Waals surface area contributed by atoms with E-state index in [4.69, 9.17) is 5.73 Å². The predicted octanol–water partition coefficient (Wildman–Crippen LogP) is 2.71. The van der Waals surface area contributed by atoms with Crippen LogP contribution in [0.2, 0.25) is 0 Å². The van der Waals surface area contributed by atoms with Gasteiger partial charge in [0.2, 0.25) is 11.8 Å². The molecule has 6 nitrogen and oxygen atoms in total. The summed E-state index contributed by atoms with van der Waals surface area (Å²) in [6, 6.07) is 7.31. The number of para-hydroxylation sites is 1. The van der Waals surface area contributed by atoms with Crippen molar-refractivity contribution in [2.75, 3.05) is 16.8 Å². The summed E-state index contributed by atoms with van der Waals surface area (Å²) in [6.45, 7) is 5.84. The number of rotatable bonds is 7. The summed E-state index contributed by atoms with van der Waals surface area (Å²) < 4.78 is 0. The average molecular weight is 377 g/mol. The van der Waals surface area contributed by atoms with Crippen molar-refractivity contribution in [3.05, 3.63) is 41.2 Å². The number of aryl methyl sites for hydroxylation is 2. The topological polar surface area (TPSA) is 98.0 Å². The Balaban J connectivity index is 1.98. The lowest BCUT2D eigenvalue weighted by Gasteiger charge is -2.10. The first-order chi connectivity index (χ1) is 11.9. The summed E-state index contributed by atoms with van der Waals surface area (Å²) in [5, 5.41) is 3.45. The van der Waals surface area contributed by atoms with Gasteiger partial charge in [0.05, 0.1) is 17.2 Å². The molecule has 2 aromatic rings. The Bertz CT molecular complexity index is 773. The van der Waals surface area contributed by atoms with Gasteiger partial charge in [-0.3, -0.25) is 9.59 Å². The molecule has 0 saturated heterocycles. The van der Waals surface area contributed by atoms with E-state index in [1.165, 1.54) is 23.5 Å². The van der Waals surface area contributed by atoms with E-state index in [1.54, 1.807) is 6.07 Å². The van der Waals surface area contributed by atoms with Crippen molar-refractivity contribution in [2.45, 2.75) is 30.8 Å². The van der Waals surface area contributed by atoms with Crippen molar-refractivity contribution in [3.8, 4) is 0 Å². The molecular formula is C17H20N4O2S2. The van der Waals surface area contributed by atoms with Crippen LogP contribution < -0.4 is 11.1 Å². The van der Waals surface area contributed by atoms with Gasteiger partial charge < -0.3 is 11.1 Å². The fourth-order valence-corrected chi connectivity index (χ4v) is 3.45. The molecule has 1 aromatic carbocycles. The van der Waals surface area contributed by atoms with Crippen molar-refractivity contribution < 1.29 is 9.59 Å². The Morgan fingerprint density at radius 2 is 1.68 bits per heavy atom. The second kappa shape index (κ2) is 8.87. The number of hydrogen-bond donors (Lipinski definition) is 2. The molecule has 0 aliphatic carbocycles. The smallest absolute Gasteiger partial charge is 0.234 e. The van der Waals surface area contributed by atoms with Crippen molar-refractivity contribution in [1.29, 1.82) is 0 Å². The fraction of sp³-hybridized carbons (Fsp3) is 0.294. The summed E-state index contributed by atoms with van der Waals surface area (Å²) in [7, 11) is 0. The number of primary amides is 1. The molecule has 3 N–H and O–H groups in total. The zero-order valence-electron chi connectivity index (χ0n) is 14.3. The van der Waals surface area contributed by atoms with Gasteiger partial charge in [-0.15, -0.1) is 11.8 Å². The van der Waals surface area contributed by atoms with E-state index in [9.17, 15) is 9.59 Å². The first-order valence-corrected chi connectivity index (χ1v) is 9.58. The van der Waals surface area contributed by atoms with Gasteiger partial charge in [0.15, 0.2) is 5.16 Å². The highest BCUT2D eigenvalue weighted by Crippen LogP contribution is 2.27. The normalized spacial score (nSPS) is 10.5. The maximum absolute atomic E-state index is 12.2. The van der Waals surface area contributed by atoms with Crippen LogP contribution in [-0.2, 0) is 9.59 Å². The van der Waals surface area contributed by atoms with Crippen LogP contribution in [-0.4, -0.2) is 33.3 Å². The third-order valence-corrected chi connectivity index (χ3v) is 5.42. The van der Waals surface area contributed by atoms with Gasteiger partial charge in [0, 0.05) is 16.3 Å². The number of aromatic nitrogens is 2. The highest BCUT2D eigenvalue weighted by atomic mass is 32.2. The molecule has 25 heavy (non-hydrogen) atoms. The summed E-state index contributed by atoms with van der Waals surface area (Å²) in [4.78, 5) is 32.8. The summed E-state index contributed by atoms with van der Waals surface area (Å²) >= 11 is 2.59. The monoisotopic (exact) mass is 376 g/mol. The number of carbonyl (C=O) groups excluding carboxylic acids is 2. The molecule has 1 heterocycles. The lowest BCUT2D eigenvalue weighted by molar-refractivity contribution is -0.115. The summed E-state index contributed by atoms with van der Waals surface area (Å²) in [6.07, 6.45) is 0. The van der Waals surface area contributed by atoms with Crippen LogP contribution in [0, 0.1) is 20.8 Å². The Hall–Kier alpha value is -2.06. The Labute approximate surface area is 155 Å². The minimum atomic E-state index is -0.399. The van der Waals surface area contributed by atoms with E-state index < -0.39 is 5.91 Å². The van der Waals surface area contributed by atoms with E-state index in [0.717, 1.165) is 21.8 Å². The molecule has 0 unspecified atom stereocenters. The molecule has 2 amide bonds. The SMILES string of the molecule is Cc1nc(SCC(=O)Nc2ccccc2SCC(N)=O)nc(C)c1C. The molecule has 132 valence electrons. The van der Waals surface area contributed by atoms with Crippen molar-refractivity contribution in [2.24, 2.45) is 5.73 Å². The molecule has 1 aromatic heterocycles. The number of nitrogens with one attached hydrogen (secondary N) is 1. The van der Waals surface area contributed by atoms with Gasteiger partial charge in [-0.2, -0.15) is 0 Å². The first-order valence-electron chi connectivity index (χ1n) is 7.61. The molecule has 0 aliphatic heterocycles. The second-order valence-electron chi connectivity index (χ2n) is 5.39. The maximum atomic E-state index is 12.2. The highest BCUT2D eigenvalue weighted by Gasteiger charge is 2.11. The number of anilines is 1. The van der Waals surface area contributed by atoms with Gasteiger partial charge in [-0.05, 0) is 38.5 Å². The molecular weight excluding hydrogens is 356 g/mol. The third-order valence-electron chi connectivity index (χ3n) is 3.48. The number of nitrogens with zero attached hydrogens (tertiary/aromatic N) is 2. The van der Waals surface area contributed by atoms with Crippen LogP contribution in [0.3, 0.4) is 0 Å². The van der Waals surface area contributed by atoms with Gasteiger partial charge in [0.1, 0.15) is 0 Å². The largest absolute Gasteiger partial charge is 0.369 e. The Morgan fingerprint density at radius 3 is 2.32 bits per heavy atom. The van der Waals surface area contributed by atoms with Crippen molar-refractivity contribution in [1.82, 2.24) is 9.97 Å². The van der Waals surface area contributed by atoms with Crippen LogP contribution in [0.1, 0.15) is 17.0 Å². The predicted molar refractivity (Wildman–Crippen MR) is 102 cm³/mol. The van der Waals surface area contributed by atoms with Gasteiger partial charge in [0.25, 0.3) is 0 Å². The molecule has 0 radical (unpaired) electrons. The van der Waals surface area contributed by atoms with E-state index in [-0.39, 0.29) is 17.4 Å². The highest BCUT2D eigenvalue weighted by molar-refractivity contribution is 8.00. The first kappa shape index (κ1) is 19.3. The van der Waals surface area contributed by atoms with Crippen LogP contribution in [0.5, 0.6) is 0 Å². The van der Waals surface area contributed by atoms with E-state index in [1.807, 2.05) is 39.0 Å². The molecule has 8 heteroatoms. The number of amides is 2. The van der Waals surface area contributed by atoms with Crippen LogP contribution >= 0.6 is 23.5 Å². The van der Waals surface area contributed by atoms with E-state index >= 15 is 0 Å². The van der Waals surface area contributed by atoms with Crippen LogP contribution in [0.15, 0.2) is 34.3 Å². The van der Waals surface area contributed by atoms with Crippen LogP contribution in [0.25, 0.3) is 0 Å². The number of benzene rings is 1. The van der Waals surface area contributed by atoms with Crippen molar-refractivity contribution in [3.63, 3.8) is 0 Å². The molecule has 0 fully saturated rings. The zero-order valence-corrected chi connectivity index (χ0v) is 16.0. The van der Waals surface area contributed by atoms with Gasteiger partial charge >= 0.3 is 0 Å². The summed E-state index contributed by atoms with van der Waals surface area (Å²) in [5.41, 5.74) is 8.74. The number of carbonyl (C=O) groups is 2. The van der Waals surface area contributed by atoms with Crippen molar-refractivity contribution >= 4 is 41.0 Å². The minimum absolute atomic E-state index is 0.156. The molecule has 0 atom stereocenters. The molecule has 0 aliphatic rings. The Morgan fingerprint density at radius 1 is 1.04 bits per heavy atom. The van der Waals surface area contributed by atoms with Gasteiger partial charge in [-0.1, -0.05) is 23.9 Å². The number of thioether (sulfide) groups is 2. The average Bonchev–Trinajstić information content (AvgIpc) is 2.57. The number of hydrogen-bond acceptors (Lipinski definition) is 6. The quantitative estimate of drug-likeness (QED) is 0.569. The second-order valence-corrected chi connectivity index (χ2v) is 7.35. The minimum Gasteiger partial charge on any atom is -0.369 e. The standard InChI is InChI=1S/C17H20N4O2S2/c1-10-11(2)19-17(20-12(10)3)25-9-16(23)21-13-6-4-5-7-14(13)24-8-15(18)22/h4-7H,8-9H2,1-3H3,(H2,18,22)(H,21,23). The summed E-state index contributed by atoms with van der Waals surface area (Å²) in [5.74, 6) is -0.186. The van der Waals surface area contributed by atoms with Gasteiger partial charge in [-0.25, -0.2) is 9.97 Å². The third kappa shape index (κ3) is 5.75. The Kier molecular flexibility index (Phi) is 6.83.